The lowest BCUT2D eigenvalue weighted by atomic mass is 10.5. The van der Waals surface area contributed by atoms with Crippen molar-refractivity contribution >= 4 is 18.0 Å². The highest BCUT2D eigenvalue weighted by atomic mass is 32.2. The zero-order valence-corrected chi connectivity index (χ0v) is 9.97. The Balaban J connectivity index is 1.87. The van der Waals surface area contributed by atoms with Gasteiger partial charge in [0.2, 0.25) is 0 Å². The Labute approximate surface area is 98.7 Å². The summed E-state index contributed by atoms with van der Waals surface area (Å²) >= 11 is 1.37. The van der Waals surface area contributed by atoms with Gasteiger partial charge in [-0.2, -0.15) is 0 Å². The van der Waals surface area contributed by atoms with Crippen LogP contribution in [0.4, 0.5) is 4.79 Å². The lowest BCUT2D eigenvalue weighted by molar-refractivity contribution is 0.120. The summed E-state index contributed by atoms with van der Waals surface area (Å²) in [6, 6.07) is -0.178. The third-order valence-corrected chi connectivity index (χ3v) is 2.55. The molecule has 2 amide bonds. The number of carbonyl (C=O) groups is 1. The molecule has 1 heterocycles. The fourth-order valence-electron chi connectivity index (χ4n) is 0.947. The van der Waals surface area contributed by atoms with Crippen LogP contribution in [-0.2, 0) is 11.3 Å². The van der Waals surface area contributed by atoms with Gasteiger partial charge in [0.05, 0.1) is 18.6 Å². The Kier molecular flexibility index (Phi) is 6.43. The molecule has 0 aromatic carbocycles. The Morgan fingerprint density at radius 3 is 3.25 bits per heavy atom. The first-order chi connectivity index (χ1) is 7.83. The number of nitrogens with zero attached hydrogens (tertiary/aromatic N) is 1. The van der Waals surface area contributed by atoms with Gasteiger partial charge in [0.15, 0.2) is 0 Å². The van der Waals surface area contributed by atoms with Crippen LogP contribution in [0.3, 0.4) is 0 Å². The maximum atomic E-state index is 10.8. The van der Waals surface area contributed by atoms with Gasteiger partial charge < -0.3 is 15.0 Å². The summed E-state index contributed by atoms with van der Waals surface area (Å²) in [6.45, 7) is 1.19. The average Bonchev–Trinajstić information content (AvgIpc) is 2.80. The highest BCUT2D eigenvalue weighted by Crippen LogP contribution is 1.99. The van der Waals surface area contributed by atoms with E-state index in [4.69, 9.17) is 4.74 Å². The topological polar surface area (TPSA) is 79.0 Å². The molecule has 90 valence electrons. The van der Waals surface area contributed by atoms with Crippen LogP contribution >= 0.6 is 11.9 Å². The molecule has 0 aliphatic carbocycles. The molecule has 16 heavy (non-hydrogen) atoms. The Morgan fingerprint density at radius 1 is 1.69 bits per heavy atom. The lowest BCUT2D eigenvalue weighted by Crippen LogP contribution is -2.27. The van der Waals surface area contributed by atoms with Gasteiger partial charge in [-0.25, -0.2) is 9.78 Å². The number of nitrogens with one attached hydrogen (secondary N) is 3. The second-order valence-corrected chi connectivity index (χ2v) is 3.90. The molecule has 0 radical (unpaired) electrons. The third kappa shape index (κ3) is 5.62. The first-order valence-electron chi connectivity index (χ1n) is 4.98. The molecule has 0 unspecified atom stereocenters. The summed E-state index contributed by atoms with van der Waals surface area (Å²) in [5, 5.41) is 2.47. The minimum absolute atomic E-state index is 0.178. The van der Waals surface area contributed by atoms with Crippen molar-refractivity contribution < 1.29 is 9.53 Å². The molecule has 0 spiro atoms. The zero-order chi connectivity index (χ0) is 11.6. The highest BCUT2D eigenvalue weighted by molar-refractivity contribution is 7.97. The van der Waals surface area contributed by atoms with Gasteiger partial charge >= 0.3 is 6.03 Å². The largest absolute Gasteiger partial charge is 0.375 e. The number of aromatic amines is 1. The number of aromatic nitrogens is 2. The highest BCUT2D eigenvalue weighted by Gasteiger charge is 1.96. The minimum atomic E-state index is -0.178. The van der Waals surface area contributed by atoms with Crippen LogP contribution in [0, 0.1) is 0 Å². The molecule has 3 N–H and O–H groups in total. The summed E-state index contributed by atoms with van der Waals surface area (Å²) < 4.78 is 8.02. The number of imidazole rings is 1. The molecule has 0 fully saturated rings. The Morgan fingerprint density at radius 2 is 2.56 bits per heavy atom. The summed E-state index contributed by atoms with van der Waals surface area (Å²) in [5.41, 5.74) is 0.899. The Hall–Kier alpha value is -1.21. The van der Waals surface area contributed by atoms with E-state index in [1.165, 1.54) is 11.9 Å². The number of ether oxygens (including phenoxy) is 1. The van der Waals surface area contributed by atoms with Crippen molar-refractivity contribution in [3.8, 4) is 0 Å². The molecule has 7 heteroatoms. The molecule has 0 bridgehead atoms. The van der Waals surface area contributed by atoms with Crippen LogP contribution in [-0.4, -0.2) is 35.4 Å². The maximum absolute atomic E-state index is 10.8. The van der Waals surface area contributed by atoms with Crippen molar-refractivity contribution in [2.24, 2.45) is 0 Å². The van der Waals surface area contributed by atoms with Crippen LogP contribution in [0.2, 0.25) is 0 Å². The number of amides is 2. The first kappa shape index (κ1) is 12.9. The predicted octanol–water partition coefficient (Wildman–Crippen LogP) is 0.894. The predicted molar refractivity (Wildman–Crippen MR) is 62.9 cm³/mol. The number of hydrogen-bond acceptors (Lipinski definition) is 4. The molecule has 0 atom stereocenters. The van der Waals surface area contributed by atoms with Crippen LogP contribution in [0.5, 0.6) is 0 Å². The fourth-order valence-corrected chi connectivity index (χ4v) is 1.54. The van der Waals surface area contributed by atoms with E-state index in [1.54, 1.807) is 13.4 Å². The van der Waals surface area contributed by atoms with Gasteiger partial charge in [-0.1, -0.05) is 0 Å². The normalized spacial score (nSPS) is 10.1. The molecule has 1 rings (SSSR count). The zero-order valence-electron chi connectivity index (χ0n) is 9.16. The second-order valence-electron chi connectivity index (χ2n) is 3.00. The number of carbonyl (C=O) groups excluding carboxylic acids is 1. The first-order valence-corrected chi connectivity index (χ1v) is 5.96. The molecule has 0 aliphatic rings. The van der Waals surface area contributed by atoms with E-state index in [-0.39, 0.29) is 6.03 Å². The molecule has 1 aromatic rings. The minimum Gasteiger partial charge on any atom is -0.375 e. The molecule has 1 aromatic heterocycles. The Bertz CT molecular complexity index is 292. The van der Waals surface area contributed by atoms with Gasteiger partial charge in [-0.05, 0) is 18.4 Å². The fraction of sp³-hybridized carbons (Fsp3) is 0.556. The standard InChI is InChI=1S/C9H16N4O2S/c1-10-9(14)13-16-4-2-3-15-6-8-5-11-7-12-8/h5,7H,2-4,6H2,1H3,(H,11,12)(H2,10,13,14). The van der Waals surface area contributed by atoms with E-state index in [2.05, 4.69) is 20.0 Å². The van der Waals surface area contributed by atoms with E-state index >= 15 is 0 Å². The van der Waals surface area contributed by atoms with E-state index in [0.717, 1.165) is 17.9 Å². The van der Waals surface area contributed by atoms with Crippen molar-refractivity contribution in [2.75, 3.05) is 19.4 Å². The van der Waals surface area contributed by atoms with Crippen molar-refractivity contribution in [3.63, 3.8) is 0 Å². The van der Waals surface area contributed by atoms with Crippen molar-refractivity contribution in [3.05, 3.63) is 18.2 Å². The van der Waals surface area contributed by atoms with Crippen LogP contribution in [0.15, 0.2) is 12.5 Å². The number of hydrogen-bond donors (Lipinski definition) is 3. The van der Waals surface area contributed by atoms with Crippen molar-refractivity contribution in [1.29, 1.82) is 0 Å². The summed E-state index contributed by atoms with van der Waals surface area (Å²) in [5.74, 6) is 0.827. The number of rotatable bonds is 7. The second kappa shape index (κ2) is 8.00. The molecular weight excluding hydrogens is 228 g/mol. The van der Waals surface area contributed by atoms with Crippen LogP contribution in [0.25, 0.3) is 0 Å². The summed E-state index contributed by atoms with van der Waals surface area (Å²) in [4.78, 5) is 17.7. The smallest absolute Gasteiger partial charge is 0.324 e. The average molecular weight is 244 g/mol. The van der Waals surface area contributed by atoms with Crippen LogP contribution < -0.4 is 10.0 Å². The maximum Gasteiger partial charge on any atom is 0.324 e. The van der Waals surface area contributed by atoms with Crippen molar-refractivity contribution in [1.82, 2.24) is 20.0 Å². The van der Waals surface area contributed by atoms with E-state index < -0.39 is 0 Å². The number of H-pyrrole nitrogens is 1. The van der Waals surface area contributed by atoms with Crippen molar-refractivity contribution in [2.45, 2.75) is 13.0 Å². The molecule has 0 saturated carbocycles. The van der Waals surface area contributed by atoms with Gasteiger partial charge in [-0.15, -0.1) is 0 Å². The monoisotopic (exact) mass is 244 g/mol. The van der Waals surface area contributed by atoms with E-state index in [1.807, 2.05) is 6.20 Å². The molecule has 6 nitrogen and oxygen atoms in total. The van der Waals surface area contributed by atoms with Gasteiger partial charge in [0, 0.05) is 25.6 Å². The SMILES string of the molecule is CNC(=O)NSCCCOCc1c[nH]cn1. The van der Waals surface area contributed by atoms with E-state index in [9.17, 15) is 4.79 Å². The molecule has 0 aliphatic heterocycles. The van der Waals surface area contributed by atoms with Gasteiger partial charge in [0.25, 0.3) is 0 Å². The summed E-state index contributed by atoms with van der Waals surface area (Å²) in [6.07, 6.45) is 4.32. The lowest BCUT2D eigenvalue weighted by Gasteiger charge is -2.03. The summed E-state index contributed by atoms with van der Waals surface area (Å²) in [7, 11) is 1.59. The molecule has 0 saturated heterocycles. The van der Waals surface area contributed by atoms with E-state index in [0.29, 0.717) is 13.2 Å². The van der Waals surface area contributed by atoms with Gasteiger partial charge in [0.1, 0.15) is 0 Å². The quantitative estimate of drug-likeness (QED) is 0.492. The van der Waals surface area contributed by atoms with Gasteiger partial charge in [-0.3, -0.25) is 4.72 Å². The molecular formula is C9H16N4O2S. The third-order valence-electron chi connectivity index (χ3n) is 1.73. The number of urea groups is 1. The van der Waals surface area contributed by atoms with Crippen LogP contribution in [0.1, 0.15) is 12.1 Å².